The van der Waals surface area contributed by atoms with Gasteiger partial charge in [-0.2, -0.15) is 0 Å². The van der Waals surface area contributed by atoms with Crippen molar-refractivity contribution in [1.82, 2.24) is 0 Å². The number of hydrogen-bond donors (Lipinski definition) is 0. The molecule has 0 heteroatoms. The van der Waals surface area contributed by atoms with Crippen molar-refractivity contribution >= 4 is 0 Å². The van der Waals surface area contributed by atoms with E-state index in [4.69, 9.17) is 0 Å². The van der Waals surface area contributed by atoms with Gasteiger partial charge < -0.3 is 0 Å². The first-order chi connectivity index (χ1) is 8.41. The number of rotatable bonds is 0. The van der Waals surface area contributed by atoms with E-state index in [1.807, 2.05) is 96.9 Å². The lowest BCUT2D eigenvalue weighted by molar-refractivity contribution is 1.09. The van der Waals surface area contributed by atoms with Crippen molar-refractivity contribution in [2.24, 2.45) is 0 Å². The van der Waals surface area contributed by atoms with Crippen LogP contribution in [0.3, 0.4) is 0 Å². The predicted molar refractivity (Wildman–Crippen MR) is 122 cm³/mol. The van der Waals surface area contributed by atoms with Gasteiger partial charge in [-0.15, -0.1) is 0 Å². The third-order valence-electron chi connectivity index (χ3n) is 0. The Morgan fingerprint density at radius 3 is 0.286 bits per heavy atom. The molecule has 0 fully saturated rings. The van der Waals surface area contributed by atoms with Crippen molar-refractivity contribution in [3.8, 4) is 0 Å². The Labute approximate surface area is 147 Å². The zero-order chi connectivity index (χ0) is 16.7. The molecule has 0 aliphatic rings. The van der Waals surface area contributed by atoms with Crippen LogP contribution in [0.15, 0.2) is 0 Å². The largest absolute Gasteiger partial charge is 0.0776 e. The summed E-state index contributed by atoms with van der Waals surface area (Å²) in [5, 5.41) is 0. The van der Waals surface area contributed by atoms with E-state index in [0.29, 0.717) is 0 Å². The lowest BCUT2D eigenvalue weighted by atomic mass is 10.6. The van der Waals surface area contributed by atoms with Gasteiger partial charge in [0.05, 0.1) is 0 Å². The minimum Gasteiger partial charge on any atom is -0.0776 e. The monoisotopic (exact) mass is 319 g/mol. The van der Waals surface area contributed by atoms with Crippen LogP contribution >= 0.6 is 0 Å². The molecule has 0 saturated heterocycles. The Morgan fingerprint density at radius 2 is 0.286 bits per heavy atom. The molecule has 150 valence electrons. The van der Waals surface area contributed by atoms with Crippen LogP contribution in [0.5, 0.6) is 0 Å². The maximum absolute atomic E-state index is 2.12. The molecule has 0 radical (unpaired) electrons. The van der Waals surface area contributed by atoms with Crippen LogP contribution in [0.1, 0.15) is 147 Å². The fourth-order valence-corrected chi connectivity index (χ4v) is 0. The maximum atomic E-state index is 2.12. The summed E-state index contributed by atoms with van der Waals surface area (Å²) in [5.74, 6) is 0. The molecule has 0 rings (SSSR count). The van der Waals surface area contributed by atoms with Gasteiger partial charge in [0.2, 0.25) is 0 Å². The standard InChI is InChI=1S/C3H8.7C2H6.4CH4/c1-3-2;7*1-2;;;;/h3H2,1-2H3;7*1-2H3;4*1H4. The zero-order valence-corrected chi connectivity index (χ0v) is 16.7. The van der Waals surface area contributed by atoms with Crippen LogP contribution in [0.4, 0.5) is 0 Å². The Bertz CT molecular complexity index is 0. The summed E-state index contributed by atoms with van der Waals surface area (Å²) < 4.78 is 0. The van der Waals surface area contributed by atoms with Gasteiger partial charge in [-0.25, -0.2) is 0 Å². The van der Waals surface area contributed by atoms with Crippen molar-refractivity contribution in [1.29, 1.82) is 0 Å². The van der Waals surface area contributed by atoms with Crippen LogP contribution < -0.4 is 0 Å². The molecule has 0 N–H and O–H groups in total. The Kier molecular flexibility index (Phi) is 35700. The Balaban J connectivity index is -0.00000000432. The van der Waals surface area contributed by atoms with Crippen LogP contribution in [0, 0.1) is 0 Å². The van der Waals surface area contributed by atoms with Crippen LogP contribution in [-0.2, 0) is 0 Å². The molecule has 0 unspecified atom stereocenters. The van der Waals surface area contributed by atoms with Gasteiger partial charge in [0.15, 0.2) is 0 Å². The second-order valence-corrected chi connectivity index (χ2v) is 0.707. The highest BCUT2D eigenvalue weighted by Crippen LogP contribution is 1.56. The molecule has 21 heavy (non-hydrogen) atoms. The first-order valence-electron chi connectivity index (χ1n) is 8.41. The molecule has 0 bridgehead atoms. The molecule has 0 saturated carbocycles. The van der Waals surface area contributed by atoms with Gasteiger partial charge in [-0.3, -0.25) is 0 Å². The fourth-order valence-electron chi connectivity index (χ4n) is 0. The molecule has 0 atom stereocenters. The van der Waals surface area contributed by atoms with Gasteiger partial charge in [0.1, 0.15) is 0 Å². The van der Waals surface area contributed by atoms with Crippen molar-refractivity contribution < 1.29 is 0 Å². The molecular weight excluding hydrogens is 252 g/mol. The van der Waals surface area contributed by atoms with Crippen molar-refractivity contribution in [2.45, 2.75) is 147 Å². The molecule has 0 heterocycles. The van der Waals surface area contributed by atoms with Gasteiger partial charge in [-0.1, -0.05) is 147 Å². The molecular formula is C21H66. The first kappa shape index (κ1) is 104. The highest BCUT2D eigenvalue weighted by atomic mass is 13.4. The molecule has 0 aliphatic carbocycles. The SMILES string of the molecule is C.C.C.C.CC.CC.CC.CC.CC.CC.CC.CCC. The van der Waals surface area contributed by atoms with E-state index in [9.17, 15) is 0 Å². The highest BCUT2D eigenvalue weighted by molar-refractivity contribution is 3.92. The second kappa shape index (κ2) is 7220. The Hall–Kier alpha value is 0. The third-order valence-corrected chi connectivity index (χ3v) is 0. The minimum atomic E-state index is 0. The van der Waals surface area contributed by atoms with Crippen molar-refractivity contribution in [2.75, 3.05) is 0 Å². The quantitative estimate of drug-likeness (QED) is 0.416. The molecule has 0 aromatic carbocycles. The summed E-state index contributed by atoms with van der Waals surface area (Å²) >= 11 is 0. The summed E-state index contributed by atoms with van der Waals surface area (Å²) in [4.78, 5) is 0. The molecule has 0 aromatic rings. The highest BCUT2D eigenvalue weighted by Gasteiger charge is 1.35. The number of hydrogen-bond acceptors (Lipinski definition) is 0. The first-order valence-corrected chi connectivity index (χ1v) is 8.41. The van der Waals surface area contributed by atoms with E-state index < -0.39 is 0 Å². The summed E-state index contributed by atoms with van der Waals surface area (Å²) in [6.07, 6.45) is 1.25. The maximum Gasteiger partial charge on any atom is -0.0590 e. The zero-order valence-electron chi connectivity index (χ0n) is 16.7. The van der Waals surface area contributed by atoms with E-state index in [1.165, 1.54) is 6.42 Å². The molecule has 0 spiro atoms. The van der Waals surface area contributed by atoms with E-state index in [0.717, 1.165) is 0 Å². The molecule has 0 nitrogen and oxygen atoms in total. The minimum absolute atomic E-state index is 0. The van der Waals surface area contributed by atoms with Crippen molar-refractivity contribution in [3.63, 3.8) is 0 Å². The average Bonchev–Trinajstić information content (AvgIpc) is 2.53. The van der Waals surface area contributed by atoms with Gasteiger partial charge in [0.25, 0.3) is 0 Å². The van der Waals surface area contributed by atoms with Gasteiger partial charge in [-0.05, 0) is 0 Å². The van der Waals surface area contributed by atoms with E-state index in [2.05, 4.69) is 13.8 Å². The lowest BCUT2D eigenvalue weighted by Crippen LogP contribution is -1.27. The molecule has 0 aromatic heterocycles. The topological polar surface area (TPSA) is 0 Å². The van der Waals surface area contributed by atoms with E-state index in [-0.39, 0.29) is 29.7 Å². The lowest BCUT2D eigenvalue weighted by Gasteiger charge is -1.48. The second-order valence-electron chi connectivity index (χ2n) is 0.707. The summed E-state index contributed by atoms with van der Waals surface area (Å²) in [6, 6.07) is 0. The average molecular weight is 319 g/mol. The molecule has 0 amide bonds. The van der Waals surface area contributed by atoms with Crippen molar-refractivity contribution in [3.05, 3.63) is 0 Å². The van der Waals surface area contributed by atoms with Crippen LogP contribution in [0.25, 0.3) is 0 Å². The smallest absolute Gasteiger partial charge is 0.0590 e. The van der Waals surface area contributed by atoms with Gasteiger partial charge in [0, 0.05) is 0 Å². The fraction of sp³-hybridized carbons (Fsp3) is 1.00. The predicted octanol–water partition coefficient (Wildman–Crippen LogP) is 11.1. The normalized spacial score (nSPS) is 2.86. The van der Waals surface area contributed by atoms with Crippen LogP contribution in [0.2, 0.25) is 0 Å². The summed E-state index contributed by atoms with van der Waals surface area (Å²) in [7, 11) is 0. The summed E-state index contributed by atoms with van der Waals surface area (Å²) in [6.45, 7) is 32.2. The van der Waals surface area contributed by atoms with E-state index in [1.54, 1.807) is 0 Å². The Morgan fingerprint density at radius 1 is 0.286 bits per heavy atom. The molecule has 0 aliphatic heterocycles. The van der Waals surface area contributed by atoms with Gasteiger partial charge >= 0.3 is 0 Å². The summed E-state index contributed by atoms with van der Waals surface area (Å²) in [5.41, 5.74) is 0. The van der Waals surface area contributed by atoms with E-state index >= 15 is 0 Å². The van der Waals surface area contributed by atoms with Crippen LogP contribution in [-0.4, -0.2) is 0 Å². The third kappa shape index (κ3) is 0.